The number of rotatable bonds is 6. The molecule has 10 nitrogen and oxygen atoms in total. The lowest BCUT2D eigenvalue weighted by molar-refractivity contribution is -0.290. The van der Waals surface area contributed by atoms with Crippen molar-refractivity contribution in [2.45, 2.75) is 37.9 Å². The lowest BCUT2D eigenvalue weighted by Crippen LogP contribution is -2.48. The van der Waals surface area contributed by atoms with Gasteiger partial charge in [0.2, 0.25) is 11.6 Å². The summed E-state index contributed by atoms with van der Waals surface area (Å²) in [4.78, 5) is 14.3. The van der Waals surface area contributed by atoms with E-state index in [1.165, 1.54) is 16.9 Å². The summed E-state index contributed by atoms with van der Waals surface area (Å²) in [6.07, 6.45) is -1.20. The van der Waals surface area contributed by atoms with Gasteiger partial charge in [0.05, 0.1) is 0 Å². The Morgan fingerprint density at radius 2 is 1.88 bits per heavy atom. The van der Waals surface area contributed by atoms with E-state index in [1.807, 2.05) is 4.90 Å². The highest BCUT2D eigenvalue weighted by molar-refractivity contribution is 5.52. The quantitative estimate of drug-likeness (QED) is 0.540. The zero-order valence-corrected chi connectivity index (χ0v) is 17.3. The van der Waals surface area contributed by atoms with Crippen molar-refractivity contribution in [3.05, 3.63) is 18.2 Å². The molecule has 2 bridgehead atoms. The highest BCUT2D eigenvalue weighted by atomic mass is 19.4. The standard InChI is InChI=1S/C18H19F5N8O2/c1-9-25-16(33-29-9)30-6-10-2-3-11(7-30)12(10)26-15-27-13-14(24-4-5-31(13)28-15)32-8-17(19,20)18(21,22)23/h4-5,10-12H,2-3,6-8H2,1H3,(H,26,28). The molecular formula is C18H19F5N8O2. The first-order valence-electron chi connectivity index (χ1n) is 10.2. The van der Waals surface area contributed by atoms with Crippen LogP contribution in [0, 0.1) is 18.8 Å². The minimum Gasteiger partial charge on any atom is -0.468 e. The Kier molecular flexibility index (Phi) is 5.01. The molecule has 33 heavy (non-hydrogen) atoms. The average Bonchev–Trinajstić information content (AvgIpc) is 3.41. The summed E-state index contributed by atoms with van der Waals surface area (Å²) in [5.41, 5.74) is -0.0657. The maximum atomic E-state index is 13.2. The molecule has 4 heterocycles. The van der Waals surface area contributed by atoms with Crippen LogP contribution in [0.3, 0.4) is 0 Å². The molecule has 1 saturated carbocycles. The van der Waals surface area contributed by atoms with E-state index >= 15 is 0 Å². The molecule has 3 aromatic rings. The fourth-order valence-corrected chi connectivity index (χ4v) is 4.38. The summed E-state index contributed by atoms with van der Waals surface area (Å²) in [6, 6.07) is 0.534. The number of hydrogen-bond acceptors (Lipinski definition) is 9. The first-order chi connectivity index (χ1) is 15.6. The van der Waals surface area contributed by atoms with E-state index in [-0.39, 0.29) is 29.5 Å². The second-order valence-electron chi connectivity index (χ2n) is 8.22. The average molecular weight is 474 g/mol. The van der Waals surface area contributed by atoms with Gasteiger partial charge in [-0.1, -0.05) is 5.16 Å². The lowest BCUT2D eigenvalue weighted by atomic mass is 9.92. The van der Waals surface area contributed by atoms with Crippen LogP contribution in [0.25, 0.3) is 5.65 Å². The number of piperidine rings is 1. The SMILES string of the molecule is Cc1noc(N2CC3CCC(C2)C3Nc2nc3c(OCC(F)(F)C(F)(F)F)nccn3n2)n1. The zero-order chi connectivity index (χ0) is 23.4. The van der Waals surface area contributed by atoms with Gasteiger partial charge in [-0.2, -0.15) is 31.9 Å². The van der Waals surface area contributed by atoms with Gasteiger partial charge in [-0.05, 0) is 31.6 Å². The van der Waals surface area contributed by atoms with E-state index in [4.69, 9.17) is 4.52 Å². The highest BCUT2D eigenvalue weighted by Gasteiger charge is 2.58. The molecule has 2 unspecified atom stereocenters. The number of halogens is 5. The summed E-state index contributed by atoms with van der Waals surface area (Å²) in [5, 5.41) is 11.4. The second kappa shape index (κ2) is 7.66. The third-order valence-electron chi connectivity index (χ3n) is 5.94. The topological polar surface area (TPSA) is 106 Å². The molecule has 0 spiro atoms. The number of aryl methyl sites for hydroxylation is 1. The van der Waals surface area contributed by atoms with Crippen LogP contribution in [0.1, 0.15) is 18.7 Å². The summed E-state index contributed by atoms with van der Waals surface area (Å²) in [5.74, 6) is -4.21. The van der Waals surface area contributed by atoms with Crippen molar-refractivity contribution in [3.63, 3.8) is 0 Å². The van der Waals surface area contributed by atoms with Crippen LogP contribution in [0.5, 0.6) is 5.88 Å². The number of ether oxygens (including phenoxy) is 1. The fraction of sp³-hybridized carbons (Fsp3) is 0.611. The lowest BCUT2D eigenvalue weighted by Gasteiger charge is -2.37. The van der Waals surface area contributed by atoms with Gasteiger partial charge in [-0.25, -0.2) is 9.50 Å². The molecule has 1 aliphatic carbocycles. The highest BCUT2D eigenvalue weighted by Crippen LogP contribution is 2.40. The van der Waals surface area contributed by atoms with Crippen molar-refractivity contribution in [3.8, 4) is 5.88 Å². The molecule has 3 aromatic heterocycles. The van der Waals surface area contributed by atoms with Crippen molar-refractivity contribution >= 4 is 17.6 Å². The van der Waals surface area contributed by atoms with Gasteiger partial charge in [0.25, 0.3) is 5.88 Å². The molecule has 0 aromatic carbocycles. The summed E-state index contributed by atoms with van der Waals surface area (Å²) >= 11 is 0. The Balaban J connectivity index is 1.30. The molecule has 2 atom stereocenters. The Hall–Kier alpha value is -3.26. The number of fused-ring (bicyclic) bond motifs is 3. The third-order valence-corrected chi connectivity index (χ3v) is 5.94. The molecule has 15 heteroatoms. The Morgan fingerprint density at radius 3 is 2.52 bits per heavy atom. The van der Waals surface area contributed by atoms with Crippen LogP contribution < -0.4 is 15.0 Å². The van der Waals surface area contributed by atoms with E-state index in [0.29, 0.717) is 24.9 Å². The van der Waals surface area contributed by atoms with Gasteiger partial charge in [0.1, 0.15) is 0 Å². The summed E-state index contributed by atoms with van der Waals surface area (Å²) in [7, 11) is 0. The van der Waals surface area contributed by atoms with Crippen molar-refractivity contribution < 1.29 is 31.2 Å². The molecule has 178 valence electrons. The van der Waals surface area contributed by atoms with Crippen molar-refractivity contribution in [1.82, 2.24) is 29.7 Å². The Labute approximate surface area is 183 Å². The van der Waals surface area contributed by atoms with Crippen LogP contribution in [0.2, 0.25) is 0 Å². The molecular weight excluding hydrogens is 455 g/mol. The molecule has 5 rings (SSSR count). The number of anilines is 2. The second-order valence-corrected chi connectivity index (χ2v) is 8.22. The van der Waals surface area contributed by atoms with Crippen LogP contribution in [-0.2, 0) is 0 Å². The van der Waals surface area contributed by atoms with Gasteiger partial charge in [-0.3, -0.25) is 0 Å². The van der Waals surface area contributed by atoms with E-state index in [1.54, 1.807) is 6.92 Å². The molecule has 2 fully saturated rings. The number of alkyl halides is 5. The van der Waals surface area contributed by atoms with Gasteiger partial charge in [0, 0.05) is 31.5 Å². The molecule has 1 saturated heterocycles. The smallest absolute Gasteiger partial charge is 0.456 e. The van der Waals surface area contributed by atoms with E-state index < -0.39 is 24.6 Å². The predicted molar refractivity (Wildman–Crippen MR) is 102 cm³/mol. The normalized spacial score (nSPS) is 23.3. The van der Waals surface area contributed by atoms with Crippen molar-refractivity contribution in [1.29, 1.82) is 0 Å². The van der Waals surface area contributed by atoms with Crippen LogP contribution in [0.15, 0.2) is 16.9 Å². The van der Waals surface area contributed by atoms with E-state index in [0.717, 1.165) is 12.8 Å². The maximum absolute atomic E-state index is 13.2. The van der Waals surface area contributed by atoms with E-state index in [9.17, 15) is 22.0 Å². The summed E-state index contributed by atoms with van der Waals surface area (Å²) < 4.78 is 74.9. The van der Waals surface area contributed by atoms with Crippen molar-refractivity contribution in [2.75, 3.05) is 29.9 Å². The predicted octanol–water partition coefficient (Wildman–Crippen LogP) is 2.72. The molecule has 2 aliphatic rings. The fourth-order valence-electron chi connectivity index (χ4n) is 4.38. The third kappa shape index (κ3) is 3.99. The first-order valence-corrected chi connectivity index (χ1v) is 10.2. The molecule has 0 amide bonds. The molecule has 0 radical (unpaired) electrons. The first kappa shape index (κ1) is 21.6. The number of hydrogen-bond donors (Lipinski definition) is 1. The van der Waals surface area contributed by atoms with Crippen LogP contribution in [-0.4, -0.2) is 67.6 Å². The Morgan fingerprint density at radius 1 is 1.15 bits per heavy atom. The maximum Gasteiger partial charge on any atom is 0.456 e. The summed E-state index contributed by atoms with van der Waals surface area (Å²) in [6.45, 7) is 1.25. The Bertz CT molecular complexity index is 1130. The monoisotopic (exact) mass is 474 g/mol. The number of nitrogens with zero attached hydrogens (tertiary/aromatic N) is 7. The van der Waals surface area contributed by atoms with Crippen LogP contribution >= 0.6 is 0 Å². The largest absolute Gasteiger partial charge is 0.468 e. The van der Waals surface area contributed by atoms with Crippen molar-refractivity contribution in [2.24, 2.45) is 11.8 Å². The van der Waals surface area contributed by atoms with Crippen LogP contribution in [0.4, 0.5) is 33.9 Å². The van der Waals surface area contributed by atoms with E-state index in [2.05, 4.69) is 35.3 Å². The number of aromatic nitrogens is 6. The minimum atomic E-state index is -5.73. The molecule has 1 N–H and O–H groups in total. The van der Waals surface area contributed by atoms with Gasteiger partial charge >= 0.3 is 18.1 Å². The van der Waals surface area contributed by atoms with Gasteiger partial charge < -0.3 is 19.5 Å². The number of nitrogens with one attached hydrogen (secondary N) is 1. The van der Waals surface area contributed by atoms with Gasteiger partial charge in [0.15, 0.2) is 12.4 Å². The molecule has 1 aliphatic heterocycles. The zero-order valence-electron chi connectivity index (χ0n) is 17.3. The minimum absolute atomic E-state index is 0.0505. The van der Waals surface area contributed by atoms with Gasteiger partial charge in [-0.15, -0.1) is 5.10 Å².